The summed E-state index contributed by atoms with van der Waals surface area (Å²) in [4.78, 5) is 28.1. The zero-order chi connectivity index (χ0) is 27.8. The van der Waals surface area contributed by atoms with E-state index in [0.717, 1.165) is 40.9 Å². The van der Waals surface area contributed by atoms with Crippen molar-refractivity contribution in [3.63, 3.8) is 0 Å². The van der Waals surface area contributed by atoms with Gasteiger partial charge in [0.2, 0.25) is 5.91 Å². The maximum atomic E-state index is 13.5. The number of nitrogens with one attached hydrogen (secondary N) is 2. The molecule has 198 valence electrons. The molecule has 0 saturated heterocycles. The average Bonchev–Trinajstić information content (AvgIpc) is 3.27. The number of hydrogen-bond donors (Lipinski definition) is 2. The molecule has 39 heavy (non-hydrogen) atoms. The van der Waals surface area contributed by atoms with Gasteiger partial charge in [-0.2, -0.15) is 10.4 Å². The SMILES string of the molecule is CCCCN(CC(=O)Nc1c(-c2ccccc2)c(C)nn1-c1ccc(C)cc1)C(=O)Nc1cccc(C#N)c1. The summed E-state index contributed by atoms with van der Waals surface area (Å²) >= 11 is 0. The van der Waals surface area contributed by atoms with E-state index in [1.54, 1.807) is 28.9 Å². The molecule has 4 rings (SSSR count). The van der Waals surface area contributed by atoms with Gasteiger partial charge in [0.15, 0.2) is 0 Å². The zero-order valence-electron chi connectivity index (χ0n) is 22.4. The summed E-state index contributed by atoms with van der Waals surface area (Å²) in [5, 5.41) is 19.8. The van der Waals surface area contributed by atoms with Crippen molar-refractivity contribution in [3.8, 4) is 22.9 Å². The molecule has 0 atom stereocenters. The van der Waals surface area contributed by atoms with Crippen LogP contribution in [0.5, 0.6) is 0 Å². The number of hydrogen-bond acceptors (Lipinski definition) is 4. The summed E-state index contributed by atoms with van der Waals surface area (Å²) in [6.45, 7) is 6.23. The molecule has 1 heterocycles. The summed E-state index contributed by atoms with van der Waals surface area (Å²) in [7, 11) is 0. The summed E-state index contributed by atoms with van der Waals surface area (Å²) in [6.07, 6.45) is 1.61. The lowest BCUT2D eigenvalue weighted by Gasteiger charge is -2.23. The maximum Gasteiger partial charge on any atom is 0.322 e. The fraction of sp³-hybridized carbons (Fsp3) is 0.226. The Bertz CT molecular complexity index is 1490. The van der Waals surface area contributed by atoms with Crippen molar-refractivity contribution in [2.75, 3.05) is 23.7 Å². The van der Waals surface area contributed by atoms with E-state index in [0.29, 0.717) is 23.6 Å². The third-order valence-corrected chi connectivity index (χ3v) is 6.31. The van der Waals surface area contributed by atoms with E-state index in [1.165, 1.54) is 4.90 Å². The van der Waals surface area contributed by atoms with Crippen LogP contribution in [-0.2, 0) is 4.79 Å². The topological polar surface area (TPSA) is 103 Å². The number of nitrogens with zero attached hydrogens (tertiary/aromatic N) is 4. The van der Waals surface area contributed by atoms with Gasteiger partial charge in [-0.25, -0.2) is 9.48 Å². The Hall–Kier alpha value is -4.90. The Morgan fingerprint density at radius 3 is 2.41 bits per heavy atom. The molecule has 0 radical (unpaired) electrons. The highest BCUT2D eigenvalue weighted by Crippen LogP contribution is 2.33. The molecule has 0 saturated carbocycles. The average molecular weight is 521 g/mol. The van der Waals surface area contributed by atoms with Gasteiger partial charge in [-0.3, -0.25) is 4.79 Å². The summed E-state index contributed by atoms with van der Waals surface area (Å²) < 4.78 is 1.73. The molecule has 2 N–H and O–H groups in total. The van der Waals surface area contributed by atoms with E-state index in [2.05, 4.69) is 16.7 Å². The van der Waals surface area contributed by atoms with E-state index >= 15 is 0 Å². The minimum Gasteiger partial charge on any atom is -0.315 e. The van der Waals surface area contributed by atoms with Crippen LogP contribution < -0.4 is 10.6 Å². The van der Waals surface area contributed by atoms with E-state index in [9.17, 15) is 14.9 Å². The van der Waals surface area contributed by atoms with Crippen molar-refractivity contribution in [2.24, 2.45) is 0 Å². The molecule has 3 aromatic carbocycles. The molecule has 0 unspecified atom stereocenters. The van der Waals surface area contributed by atoms with Crippen molar-refractivity contribution in [2.45, 2.75) is 33.6 Å². The predicted octanol–water partition coefficient (Wildman–Crippen LogP) is 6.30. The van der Waals surface area contributed by atoms with E-state index in [1.807, 2.05) is 75.4 Å². The number of amides is 3. The number of carbonyl (C=O) groups excluding carboxylic acids is 2. The van der Waals surface area contributed by atoms with Crippen LogP contribution in [0.1, 0.15) is 36.6 Å². The fourth-order valence-electron chi connectivity index (χ4n) is 4.28. The van der Waals surface area contributed by atoms with Crippen LogP contribution in [0.2, 0.25) is 0 Å². The van der Waals surface area contributed by atoms with Gasteiger partial charge in [-0.05, 0) is 56.2 Å². The summed E-state index contributed by atoms with van der Waals surface area (Å²) in [5.41, 5.74) is 5.41. The predicted molar refractivity (Wildman–Crippen MR) is 154 cm³/mol. The van der Waals surface area contributed by atoms with Crippen molar-refractivity contribution < 1.29 is 9.59 Å². The van der Waals surface area contributed by atoms with Crippen LogP contribution in [0.4, 0.5) is 16.3 Å². The molecule has 3 amide bonds. The largest absolute Gasteiger partial charge is 0.322 e. The number of urea groups is 1. The van der Waals surface area contributed by atoms with Gasteiger partial charge in [-0.1, -0.05) is 67.4 Å². The Morgan fingerprint density at radius 1 is 0.974 bits per heavy atom. The number of aryl methyl sites for hydroxylation is 2. The van der Waals surface area contributed by atoms with Crippen molar-refractivity contribution in [1.29, 1.82) is 5.26 Å². The molecule has 0 aliphatic carbocycles. The standard InChI is InChI=1S/C31H32N6O2/c1-4-5-18-36(31(39)33-26-13-9-10-24(19-26)20-32)21-28(38)34-30-29(25-11-7-6-8-12-25)23(3)35-37(30)27-16-14-22(2)15-17-27/h6-17,19H,4-5,18,21H2,1-3H3,(H,33,39)(H,34,38). The van der Waals surface area contributed by atoms with Crippen molar-refractivity contribution >= 4 is 23.4 Å². The molecular formula is C31H32N6O2. The molecule has 0 aliphatic rings. The molecule has 4 aromatic rings. The number of benzene rings is 3. The summed E-state index contributed by atoms with van der Waals surface area (Å²) in [6, 6.07) is 26.1. The van der Waals surface area contributed by atoms with Gasteiger partial charge >= 0.3 is 6.03 Å². The highest BCUT2D eigenvalue weighted by Gasteiger charge is 2.23. The molecular weight excluding hydrogens is 488 g/mol. The van der Waals surface area contributed by atoms with E-state index < -0.39 is 6.03 Å². The van der Waals surface area contributed by atoms with Crippen LogP contribution in [0, 0.1) is 25.2 Å². The monoisotopic (exact) mass is 520 g/mol. The highest BCUT2D eigenvalue weighted by molar-refractivity contribution is 5.99. The lowest BCUT2D eigenvalue weighted by atomic mass is 10.1. The lowest BCUT2D eigenvalue weighted by Crippen LogP contribution is -2.41. The van der Waals surface area contributed by atoms with Crippen molar-refractivity contribution in [3.05, 3.63) is 95.7 Å². The number of aromatic nitrogens is 2. The number of rotatable bonds is 9. The normalized spacial score (nSPS) is 10.5. The van der Waals surface area contributed by atoms with Gasteiger partial charge in [0.05, 0.1) is 23.0 Å². The fourth-order valence-corrected chi connectivity index (χ4v) is 4.28. The second-order valence-electron chi connectivity index (χ2n) is 9.37. The molecule has 0 bridgehead atoms. The van der Waals surface area contributed by atoms with Crippen LogP contribution in [0.25, 0.3) is 16.8 Å². The Kier molecular flexibility index (Phi) is 8.75. The minimum atomic E-state index is -0.403. The minimum absolute atomic E-state index is 0.143. The van der Waals surface area contributed by atoms with Crippen LogP contribution in [-0.4, -0.2) is 39.7 Å². The second-order valence-corrected chi connectivity index (χ2v) is 9.37. The number of unbranched alkanes of at least 4 members (excludes halogenated alkanes) is 1. The number of carbonyl (C=O) groups is 2. The lowest BCUT2D eigenvalue weighted by molar-refractivity contribution is -0.116. The smallest absolute Gasteiger partial charge is 0.315 e. The van der Waals surface area contributed by atoms with Crippen LogP contribution >= 0.6 is 0 Å². The van der Waals surface area contributed by atoms with Gasteiger partial charge in [-0.15, -0.1) is 0 Å². The van der Waals surface area contributed by atoms with Gasteiger partial charge in [0.25, 0.3) is 0 Å². The third-order valence-electron chi connectivity index (χ3n) is 6.31. The number of anilines is 2. The molecule has 8 heteroatoms. The van der Waals surface area contributed by atoms with Crippen LogP contribution in [0.15, 0.2) is 78.9 Å². The van der Waals surface area contributed by atoms with Gasteiger partial charge in [0, 0.05) is 17.8 Å². The number of nitriles is 1. The first-order valence-corrected chi connectivity index (χ1v) is 13.0. The van der Waals surface area contributed by atoms with Crippen molar-refractivity contribution in [1.82, 2.24) is 14.7 Å². The Morgan fingerprint density at radius 2 is 1.72 bits per heavy atom. The van der Waals surface area contributed by atoms with Crippen LogP contribution in [0.3, 0.4) is 0 Å². The molecule has 1 aromatic heterocycles. The first-order chi connectivity index (χ1) is 18.9. The Balaban J connectivity index is 1.62. The third kappa shape index (κ3) is 6.70. The maximum absolute atomic E-state index is 13.5. The first-order valence-electron chi connectivity index (χ1n) is 13.0. The quantitative estimate of drug-likeness (QED) is 0.270. The molecule has 0 aliphatic heterocycles. The molecule has 0 spiro atoms. The second kappa shape index (κ2) is 12.6. The summed E-state index contributed by atoms with van der Waals surface area (Å²) in [5.74, 6) is 0.211. The van der Waals surface area contributed by atoms with E-state index in [4.69, 9.17) is 5.10 Å². The van der Waals surface area contributed by atoms with Gasteiger partial charge in [0.1, 0.15) is 12.4 Å². The Labute approximate surface area is 228 Å². The zero-order valence-corrected chi connectivity index (χ0v) is 22.4. The first kappa shape index (κ1) is 27.1. The van der Waals surface area contributed by atoms with Gasteiger partial charge < -0.3 is 15.5 Å². The molecule has 0 fully saturated rings. The van der Waals surface area contributed by atoms with E-state index in [-0.39, 0.29) is 12.5 Å². The highest BCUT2D eigenvalue weighted by atomic mass is 16.2. The molecule has 8 nitrogen and oxygen atoms in total.